The Hall–Kier alpha value is -2.54. The number of pyridine rings is 1. The fourth-order valence-corrected chi connectivity index (χ4v) is 1.71. The Morgan fingerprint density at radius 3 is 2.89 bits per heavy atom. The van der Waals surface area contributed by atoms with Crippen LogP contribution in [0.25, 0.3) is 10.8 Å². The van der Waals surface area contributed by atoms with Gasteiger partial charge in [0.1, 0.15) is 6.54 Å². The third kappa shape index (κ3) is 2.41. The quantitative estimate of drug-likeness (QED) is 0.805. The summed E-state index contributed by atoms with van der Waals surface area (Å²) in [5.41, 5.74) is -0.177. The Morgan fingerprint density at radius 1 is 1.33 bits per heavy atom. The van der Waals surface area contributed by atoms with Crippen molar-refractivity contribution in [1.29, 1.82) is 0 Å². The van der Waals surface area contributed by atoms with Gasteiger partial charge in [0.2, 0.25) is 5.91 Å². The van der Waals surface area contributed by atoms with Crippen molar-refractivity contribution in [1.82, 2.24) is 9.88 Å². The third-order valence-electron chi connectivity index (χ3n) is 2.59. The van der Waals surface area contributed by atoms with E-state index in [0.717, 1.165) is 5.39 Å². The number of nitrogens with zero attached hydrogens (tertiary/aromatic N) is 1. The largest absolute Gasteiger partial charge is 0.344 e. The number of benzene rings is 1. The van der Waals surface area contributed by atoms with Crippen LogP contribution in [0.4, 0.5) is 0 Å². The maximum Gasteiger partial charge on any atom is 0.258 e. The molecule has 90 valence electrons. The molecule has 1 N–H and O–H groups in total. The van der Waals surface area contributed by atoms with E-state index in [1.165, 1.54) is 4.57 Å². The summed E-state index contributed by atoms with van der Waals surface area (Å²) in [4.78, 5) is 23.6. The van der Waals surface area contributed by atoms with E-state index in [2.05, 4.69) is 11.2 Å². The average Bonchev–Trinajstić information content (AvgIpc) is 2.40. The van der Waals surface area contributed by atoms with Crippen LogP contribution in [0.5, 0.6) is 0 Å². The molecule has 0 spiro atoms. The first-order valence-electron chi connectivity index (χ1n) is 5.50. The van der Waals surface area contributed by atoms with Crippen LogP contribution >= 0.6 is 0 Å². The van der Waals surface area contributed by atoms with Gasteiger partial charge >= 0.3 is 0 Å². The fraction of sp³-hybridized carbons (Fsp3) is 0.143. The smallest absolute Gasteiger partial charge is 0.258 e. The number of amides is 1. The van der Waals surface area contributed by atoms with E-state index in [4.69, 9.17) is 6.42 Å². The molecule has 1 heterocycles. The average molecular weight is 240 g/mol. The number of hydrogen-bond donors (Lipinski definition) is 1. The van der Waals surface area contributed by atoms with Crippen LogP contribution in [0.3, 0.4) is 0 Å². The minimum absolute atomic E-state index is 0.0225. The zero-order valence-electron chi connectivity index (χ0n) is 9.72. The highest BCUT2D eigenvalue weighted by Gasteiger charge is 2.05. The molecule has 4 nitrogen and oxygen atoms in total. The molecule has 0 saturated carbocycles. The molecule has 4 heteroatoms. The summed E-state index contributed by atoms with van der Waals surface area (Å²) in [7, 11) is 0. The lowest BCUT2D eigenvalue weighted by Gasteiger charge is -2.06. The summed E-state index contributed by atoms with van der Waals surface area (Å²) >= 11 is 0. The van der Waals surface area contributed by atoms with Gasteiger partial charge in [-0.2, -0.15) is 0 Å². The number of rotatable bonds is 3. The molecule has 0 radical (unpaired) electrons. The van der Waals surface area contributed by atoms with Crippen LogP contribution in [0.1, 0.15) is 0 Å². The Bertz CT molecular complexity index is 680. The molecule has 0 atom stereocenters. The zero-order valence-corrected chi connectivity index (χ0v) is 9.72. The SMILES string of the molecule is C#CCNC(=O)Cn1ccc2ccccc2c1=O. The van der Waals surface area contributed by atoms with Gasteiger partial charge in [-0.3, -0.25) is 9.59 Å². The first-order chi connectivity index (χ1) is 8.72. The molecule has 0 aliphatic carbocycles. The van der Waals surface area contributed by atoms with Crippen molar-refractivity contribution in [2.24, 2.45) is 0 Å². The van der Waals surface area contributed by atoms with E-state index in [1.54, 1.807) is 18.3 Å². The summed E-state index contributed by atoms with van der Waals surface area (Å²) in [6.45, 7) is 0.145. The van der Waals surface area contributed by atoms with Gasteiger partial charge in [0.15, 0.2) is 0 Å². The van der Waals surface area contributed by atoms with E-state index in [-0.39, 0.29) is 24.6 Å². The van der Waals surface area contributed by atoms with Crippen LogP contribution < -0.4 is 10.9 Å². The molecule has 1 aromatic carbocycles. The van der Waals surface area contributed by atoms with E-state index in [9.17, 15) is 9.59 Å². The second-order valence-corrected chi connectivity index (χ2v) is 3.82. The minimum atomic E-state index is -0.273. The van der Waals surface area contributed by atoms with E-state index in [0.29, 0.717) is 5.39 Å². The van der Waals surface area contributed by atoms with Gasteiger partial charge in [-0.05, 0) is 17.5 Å². The van der Waals surface area contributed by atoms with E-state index >= 15 is 0 Å². The molecule has 0 bridgehead atoms. The minimum Gasteiger partial charge on any atom is -0.344 e. The topological polar surface area (TPSA) is 51.1 Å². The lowest BCUT2D eigenvalue weighted by Crippen LogP contribution is -2.32. The third-order valence-corrected chi connectivity index (χ3v) is 2.59. The zero-order chi connectivity index (χ0) is 13.0. The lowest BCUT2D eigenvalue weighted by molar-refractivity contribution is -0.121. The molecular formula is C14H12N2O2. The second-order valence-electron chi connectivity index (χ2n) is 3.82. The van der Waals surface area contributed by atoms with Crippen molar-refractivity contribution in [3.63, 3.8) is 0 Å². The van der Waals surface area contributed by atoms with Crippen molar-refractivity contribution in [3.05, 3.63) is 46.9 Å². The van der Waals surface area contributed by atoms with Gasteiger partial charge in [0.25, 0.3) is 5.56 Å². The Kier molecular flexibility index (Phi) is 3.44. The van der Waals surface area contributed by atoms with Crippen LogP contribution in [-0.4, -0.2) is 17.0 Å². The molecular weight excluding hydrogens is 228 g/mol. The van der Waals surface area contributed by atoms with Crippen LogP contribution in [0, 0.1) is 12.3 Å². The van der Waals surface area contributed by atoms with E-state index < -0.39 is 0 Å². The summed E-state index contributed by atoms with van der Waals surface area (Å²) < 4.78 is 1.37. The first-order valence-corrected chi connectivity index (χ1v) is 5.50. The number of terminal acetylenes is 1. The molecule has 1 amide bonds. The summed E-state index contributed by atoms with van der Waals surface area (Å²) in [6.07, 6.45) is 6.65. The Labute approximate surface area is 104 Å². The number of fused-ring (bicyclic) bond motifs is 1. The normalized spacial score (nSPS) is 9.94. The monoisotopic (exact) mass is 240 g/mol. The number of carbonyl (C=O) groups excluding carboxylic acids is 1. The number of hydrogen-bond acceptors (Lipinski definition) is 2. The highest BCUT2D eigenvalue weighted by Crippen LogP contribution is 2.07. The van der Waals surface area contributed by atoms with Crippen molar-refractivity contribution < 1.29 is 4.79 Å². The number of carbonyl (C=O) groups is 1. The molecule has 1 aromatic heterocycles. The summed E-state index contributed by atoms with van der Waals surface area (Å²) in [5, 5.41) is 3.99. The molecule has 2 rings (SSSR count). The summed E-state index contributed by atoms with van der Waals surface area (Å²) in [5.74, 6) is 2.04. The maximum absolute atomic E-state index is 12.1. The van der Waals surface area contributed by atoms with Crippen LogP contribution in [-0.2, 0) is 11.3 Å². The van der Waals surface area contributed by atoms with Gasteiger partial charge in [-0.1, -0.05) is 24.1 Å². The highest BCUT2D eigenvalue weighted by molar-refractivity contribution is 5.82. The molecule has 0 fully saturated rings. The predicted molar refractivity (Wildman–Crippen MR) is 70.1 cm³/mol. The van der Waals surface area contributed by atoms with Gasteiger partial charge < -0.3 is 9.88 Å². The molecule has 0 aliphatic rings. The standard InChI is InChI=1S/C14H12N2O2/c1-2-8-15-13(17)10-16-9-7-11-5-3-4-6-12(11)14(16)18/h1,3-7,9H,8,10H2,(H,15,17). The highest BCUT2D eigenvalue weighted by atomic mass is 16.2. The van der Waals surface area contributed by atoms with Gasteiger partial charge in [-0.25, -0.2) is 0 Å². The predicted octanol–water partition coefficient (Wildman–Crippen LogP) is 0.751. The van der Waals surface area contributed by atoms with E-state index in [1.807, 2.05) is 18.2 Å². The first kappa shape index (κ1) is 11.9. The molecule has 18 heavy (non-hydrogen) atoms. The molecule has 2 aromatic rings. The van der Waals surface area contributed by atoms with Crippen LogP contribution in [0.15, 0.2) is 41.3 Å². The second kappa shape index (κ2) is 5.19. The van der Waals surface area contributed by atoms with Crippen molar-refractivity contribution in [3.8, 4) is 12.3 Å². The molecule has 0 unspecified atom stereocenters. The lowest BCUT2D eigenvalue weighted by atomic mass is 10.2. The van der Waals surface area contributed by atoms with Crippen molar-refractivity contribution >= 4 is 16.7 Å². The Morgan fingerprint density at radius 2 is 2.11 bits per heavy atom. The van der Waals surface area contributed by atoms with Gasteiger partial charge in [0.05, 0.1) is 6.54 Å². The summed E-state index contributed by atoms with van der Waals surface area (Å²) in [6, 6.07) is 9.08. The van der Waals surface area contributed by atoms with Crippen LogP contribution in [0.2, 0.25) is 0 Å². The van der Waals surface area contributed by atoms with Crippen molar-refractivity contribution in [2.45, 2.75) is 6.54 Å². The molecule has 0 saturated heterocycles. The van der Waals surface area contributed by atoms with Crippen molar-refractivity contribution in [2.75, 3.05) is 6.54 Å². The van der Waals surface area contributed by atoms with Gasteiger partial charge in [-0.15, -0.1) is 6.42 Å². The van der Waals surface area contributed by atoms with Gasteiger partial charge in [0, 0.05) is 11.6 Å². The number of aromatic nitrogens is 1. The maximum atomic E-state index is 12.1. The molecule has 0 aliphatic heterocycles. The number of nitrogens with one attached hydrogen (secondary N) is 1. The Balaban J connectivity index is 2.30. The fourth-order valence-electron chi connectivity index (χ4n) is 1.71.